The first-order chi connectivity index (χ1) is 9.15. The van der Waals surface area contributed by atoms with Crippen LogP contribution in [0.2, 0.25) is 0 Å². The number of rotatable bonds is 2. The van der Waals surface area contributed by atoms with Crippen LogP contribution in [0.25, 0.3) is 0 Å². The first-order valence-electron chi connectivity index (χ1n) is 6.44. The summed E-state index contributed by atoms with van der Waals surface area (Å²) in [5.74, 6) is 0.470. The quantitative estimate of drug-likeness (QED) is 0.884. The monoisotopic (exact) mass is 262 g/mol. The van der Waals surface area contributed by atoms with Crippen molar-refractivity contribution in [3.63, 3.8) is 0 Å². The molecule has 2 rings (SSSR count). The van der Waals surface area contributed by atoms with Crippen LogP contribution in [0.15, 0.2) is 30.3 Å². The molecule has 0 radical (unpaired) electrons. The number of likely N-dealkylation sites (tertiary alicyclic amines) is 1. The van der Waals surface area contributed by atoms with Crippen molar-refractivity contribution in [2.24, 2.45) is 0 Å². The van der Waals surface area contributed by atoms with Gasteiger partial charge in [-0.1, -0.05) is 18.2 Å². The van der Waals surface area contributed by atoms with Crippen LogP contribution in [-0.4, -0.2) is 36.0 Å². The van der Waals surface area contributed by atoms with Crippen LogP contribution in [0.4, 0.5) is 4.79 Å². The third-order valence-electron chi connectivity index (χ3n) is 3.04. The molecule has 2 amide bonds. The Kier molecular flexibility index (Phi) is 4.39. The fraction of sp³-hybridized carbons (Fsp3) is 0.429. The van der Waals surface area contributed by atoms with E-state index < -0.39 is 0 Å². The lowest BCUT2D eigenvalue weighted by Crippen LogP contribution is -2.49. The number of nitrogens with zero attached hydrogens (tertiary/aromatic N) is 1. The molecule has 1 unspecified atom stereocenters. The SMILES string of the molecule is CC(=O)NC1CCCN(C(=O)Oc2ccccc2)C1. The topological polar surface area (TPSA) is 58.6 Å². The maximum Gasteiger partial charge on any atom is 0.415 e. The number of piperidine rings is 1. The van der Waals surface area contributed by atoms with Gasteiger partial charge in [0, 0.05) is 26.1 Å². The molecule has 1 saturated heterocycles. The molecule has 1 aromatic carbocycles. The zero-order valence-electron chi connectivity index (χ0n) is 11.0. The highest BCUT2D eigenvalue weighted by Gasteiger charge is 2.25. The average molecular weight is 262 g/mol. The first kappa shape index (κ1) is 13.4. The second-order valence-corrected chi connectivity index (χ2v) is 4.67. The molecule has 1 aromatic rings. The van der Waals surface area contributed by atoms with Crippen molar-refractivity contribution >= 4 is 12.0 Å². The fourth-order valence-corrected chi connectivity index (χ4v) is 2.20. The predicted molar refractivity (Wildman–Crippen MR) is 70.9 cm³/mol. The second-order valence-electron chi connectivity index (χ2n) is 4.67. The molecule has 1 aliphatic rings. The molecule has 0 spiro atoms. The minimum Gasteiger partial charge on any atom is -0.410 e. The van der Waals surface area contributed by atoms with Crippen molar-refractivity contribution in [3.8, 4) is 5.75 Å². The van der Waals surface area contributed by atoms with Crippen molar-refractivity contribution in [2.75, 3.05) is 13.1 Å². The molecule has 0 aromatic heterocycles. The summed E-state index contributed by atoms with van der Waals surface area (Å²) in [6.45, 7) is 2.66. The number of hydrogen-bond acceptors (Lipinski definition) is 3. The molecule has 1 fully saturated rings. The van der Waals surface area contributed by atoms with Gasteiger partial charge < -0.3 is 15.0 Å². The van der Waals surface area contributed by atoms with Gasteiger partial charge in [0.05, 0.1) is 0 Å². The Labute approximate surface area is 112 Å². The Morgan fingerprint density at radius 3 is 2.74 bits per heavy atom. The predicted octanol–water partition coefficient (Wildman–Crippen LogP) is 1.79. The van der Waals surface area contributed by atoms with Crippen LogP contribution < -0.4 is 10.1 Å². The van der Waals surface area contributed by atoms with Crippen LogP contribution in [-0.2, 0) is 4.79 Å². The Morgan fingerprint density at radius 2 is 2.05 bits per heavy atom. The molecular formula is C14H18N2O3. The number of benzene rings is 1. The van der Waals surface area contributed by atoms with Gasteiger partial charge in [0.25, 0.3) is 0 Å². The summed E-state index contributed by atoms with van der Waals surface area (Å²) < 4.78 is 5.28. The summed E-state index contributed by atoms with van der Waals surface area (Å²) in [4.78, 5) is 24.7. The van der Waals surface area contributed by atoms with E-state index in [9.17, 15) is 9.59 Å². The standard InChI is InChI=1S/C14H18N2O3/c1-11(17)15-12-6-5-9-16(10-12)14(18)19-13-7-3-2-4-8-13/h2-4,7-8,12H,5-6,9-10H2,1H3,(H,15,17). The van der Waals surface area contributed by atoms with Gasteiger partial charge in [-0.05, 0) is 25.0 Å². The van der Waals surface area contributed by atoms with Crippen molar-refractivity contribution in [1.82, 2.24) is 10.2 Å². The van der Waals surface area contributed by atoms with E-state index in [0.29, 0.717) is 18.8 Å². The maximum atomic E-state index is 12.0. The first-order valence-corrected chi connectivity index (χ1v) is 6.44. The van der Waals surface area contributed by atoms with Crippen molar-refractivity contribution in [3.05, 3.63) is 30.3 Å². The molecule has 1 N–H and O–H groups in total. The minimum absolute atomic E-state index is 0.0228. The van der Waals surface area contributed by atoms with Gasteiger partial charge in [-0.3, -0.25) is 4.79 Å². The molecule has 0 aliphatic carbocycles. The number of nitrogens with one attached hydrogen (secondary N) is 1. The molecule has 19 heavy (non-hydrogen) atoms. The van der Waals surface area contributed by atoms with Gasteiger partial charge in [-0.25, -0.2) is 4.79 Å². The van der Waals surface area contributed by atoms with Gasteiger partial charge >= 0.3 is 6.09 Å². The van der Waals surface area contributed by atoms with Crippen molar-refractivity contribution in [1.29, 1.82) is 0 Å². The van der Waals surface area contributed by atoms with E-state index in [2.05, 4.69) is 5.32 Å². The molecule has 5 heteroatoms. The van der Waals surface area contributed by atoms with Gasteiger partial charge in [-0.15, -0.1) is 0 Å². The summed E-state index contributed by atoms with van der Waals surface area (Å²) in [7, 11) is 0. The van der Waals surface area contributed by atoms with E-state index in [1.807, 2.05) is 18.2 Å². The normalized spacial score (nSPS) is 18.8. The Balaban J connectivity index is 1.90. The third-order valence-corrected chi connectivity index (χ3v) is 3.04. The van der Waals surface area contributed by atoms with E-state index in [-0.39, 0.29) is 18.0 Å². The number of hydrogen-bond donors (Lipinski definition) is 1. The summed E-state index contributed by atoms with van der Waals surface area (Å²) in [6, 6.07) is 9.01. The van der Waals surface area contributed by atoms with E-state index in [0.717, 1.165) is 12.8 Å². The highest BCUT2D eigenvalue weighted by Crippen LogP contribution is 2.14. The van der Waals surface area contributed by atoms with E-state index in [4.69, 9.17) is 4.74 Å². The third kappa shape index (κ3) is 3.98. The number of ether oxygens (including phenoxy) is 1. The average Bonchev–Trinajstić information content (AvgIpc) is 2.39. The summed E-state index contributed by atoms with van der Waals surface area (Å²) in [5, 5.41) is 2.84. The van der Waals surface area contributed by atoms with Crippen molar-refractivity contribution < 1.29 is 14.3 Å². The highest BCUT2D eigenvalue weighted by atomic mass is 16.6. The van der Waals surface area contributed by atoms with Gasteiger partial charge in [0.15, 0.2) is 0 Å². The van der Waals surface area contributed by atoms with Crippen molar-refractivity contribution in [2.45, 2.75) is 25.8 Å². The highest BCUT2D eigenvalue weighted by molar-refractivity contribution is 5.74. The molecule has 5 nitrogen and oxygen atoms in total. The van der Waals surface area contributed by atoms with Crippen LogP contribution in [0, 0.1) is 0 Å². The van der Waals surface area contributed by atoms with Gasteiger partial charge in [0.1, 0.15) is 5.75 Å². The largest absolute Gasteiger partial charge is 0.415 e. The van der Waals surface area contributed by atoms with Crippen LogP contribution in [0.1, 0.15) is 19.8 Å². The lowest BCUT2D eigenvalue weighted by atomic mass is 10.1. The maximum absolute atomic E-state index is 12.0. The van der Waals surface area contributed by atoms with Gasteiger partial charge in [-0.2, -0.15) is 0 Å². The number of amides is 2. The molecule has 1 atom stereocenters. The number of para-hydroxylation sites is 1. The van der Waals surface area contributed by atoms with Crippen LogP contribution in [0.3, 0.4) is 0 Å². The fourth-order valence-electron chi connectivity index (χ4n) is 2.20. The smallest absolute Gasteiger partial charge is 0.410 e. The second kappa shape index (κ2) is 6.22. The Bertz CT molecular complexity index is 447. The van der Waals surface area contributed by atoms with E-state index >= 15 is 0 Å². The van der Waals surface area contributed by atoms with Crippen LogP contribution in [0.5, 0.6) is 5.75 Å². The molecule has 1 heterocycles. The lowest BCUT2D eigenvalue weighted by molar-refractivity contribution is -0.120. The molecular weight excluding hydrogens is 244 g/mol. The van der Waals surface area contributed by atoms with E-state index in [1.54, 1.807) is 17.0 Å². The minimum atomic E-state index is -0.360. The van der Waals surface area contributed by atoms with Gasteiger partial charge in [0.2, 0.25) is 5.91 Å². The molecule has 0 saturated carbocycles. The Morgan fingerprint density at radius 1 is 1.32 bits per heavy atom. The molecule has 0 bridgehead atoms. The number of carbonyl (C=O) groups is 2. The molecule has 1 aliphatic heterocycles. The van der Waals surface area contributed by atoms with E-state index in [1.165, 1.54) is 6.92 Å². The lowest BCUT2D eigenvalue weighted by Gasteiger charge is -2.32. The molecule has 102 valence electrons. The summed E-state index contributed by atoms with van der Waals surface area (Å²) >= 11 is 0. The summed E-state index contributed by atoms with van der Waals surface area (Å²) in [5.41, 5.74) is 0. The summed E-state index contributed by atoms with van der Waals surface area (Å²) in [6.07, 6.45) is 1.41. The van der Waals surface area contributed by atoms with Crippen LogP contribution >= 0.6 is 0 Å². The number of carbonyl (C=O) groups excluding carboxylic acids is 2. The zero-order valence-corrected chi connectivity index (χ0v) is 11.0. The zero-order chi connectivity index (χ0) is 13.7. The Hall–Kier alpha value is -2.04.